The van der Waals surface area contributed by atoms with E-state index in [-0.39, 0.29) is 22.2 Å². The van der Waals surface area contributed by atoms with Crippen molar-refractivity contribution in [3.63, 3.8) is 0 Å². The Balaban J connectivity index is 1.63. The van der Waals surface area contributed by atoms with E-state index in [0.29, 0.717) is 22.6 Å². The highest BCUT2D eigenvalue weighted by atomic mass is 35.5. The number of cyclic esters (lactones) is 1. The van der Waals surface area contributed by atoms with E-state index in [9.17, 15) is 14.7 Å². The molecule has 6 nitrogen and oxygen atoms in total. The molecule has 0 aliphatic carbocycles. The monoisotopic (exact) mass is 393 g/mol. The fourth-order valence-electron chi connectivity index (χ4n) is 2.68. The van der Waals surface area contributed by atoms with Gasteiger partial charge in [-0.2, -0.15) is 0 Å². The van der Waals surface area contributed by atoms with Crippen LogP contribution in [0.4, 0.5) is 0 Å². The molecule has 0 unspecified atom stereocenters. The fraction of sp³-hybridized carbons (Fsp3) is 0. The average Bonchev–Trinajstić information content (AvgIpc) is 3.30. The number of esters is 1. The minimum atomic E-state index is -1.13. The molecule has 28 heavy (non-hydrogen) atoms. The van der Waals surface area contributed by atoms with Crippen LogP contribution in [0.25, 0.3) is 17.4 Å². The third kappa shape index (κ3) is 3.45. The maximum Gasteiger partial charge on any atom is 0.363 e. The number of carbonyl (C=O) groups is 2. The molecular weight excluding hydrogens is 382 g/mol. The van der Waals surface area contributed by atoms with E-state index in [0.717, 1.165) is 0 Å². The number of hydrogen-bond donors (Lipinski definition) is 1. The van der Waals surface area contributed by atoms with Gasteiger partial charge in [0.15, 0.2) is 5.70 Å². The molecule has 0 bridgehead atoms. The van der Waals surface area contributed by atoms with Crippen molar-refractivity contribution in [2.45, 2.75) is 0 Å². The Morgan fingerprint density at radius 3 is 2.57 bits per heavy atom. The lowest BCUT2D eigenvalue weighted by Crippen LogP contribution is -2.04. The number of ether oxygens (including phenoxy) is 1. The van der Waals surface area contributed by atoms with Crippen LogP contribution in [0, 0.1) is 0 Å². The van der Waals surface area contributed by atoms with Crippen LogP contribution in [0.5, 0.6) is 0 Å². The number of carbonyl (C=O) groups excluding carboxylic acids is 1. The van der Waals surface area contributed by atoms with E-state index in [1.165, 1.54) is 18.2 Å². The molecular formula is C21H12ClNO5. The zero-order valence-corrected chi connectivity index (χ0v) is 15.0. The van der Waals surface area contributed by atoms with Crippen LogP contribution in [0.15, 0.2) is 75.8 Å². The summed E-state index contributed by atoms with van der Waals surface area (Å²) in [5, 5.41) is 9.33. The molecule has 1 aliphatic heterocycles. The molecule has 0 amide bonds. The van der Waals surface area contributed by atoms with Crippen molar-refractivity contribution in [1.82, 2.24) is 0 Å². The number of rotatable bonds is 4. The van der Waals surface area contributed by atoms with Crippen molar-refractivity contribution >= 4 is 35.5 Å². The Hall–Kier alpha value is -3.64. The van der Waals surface area contributed by atoms with Crippen LogP contribution >= 0.6 is 11.6 Å². The second-order valence-electron chi connectivity index (χ2n) is 5.90. The zero-order valence-electron chi connectivity index (χ0n) is 14.3. The van der Waals surface area contributed by atoms with Gasteiger partial charge < -0.3 is 14.3 Å². The summed E-state index contributed by atoms with van der Waals surface area (Å²) in [7, 11) is 0. The SMILES string of the molecule is O=C1OC(c2ccccc2)=N/C1=C\c1ccc(-c2ccc(Cl)c(C(=O)O)c2)o1. The normalized spacial score (nSPS) is 14.8. The first kappa shape index (κ1) is 17.8. The van der Waals surface area contributed by atoms with Crippen molar-refractivity contribution in [3.8, 4) is 11.3 Å². The minimum absolute atomic E-state index is 0.0213. The number of carboxylic acids is 1. The molecule has 1 N–H and O–H groups in total. The van der Waals surface area contributed by atoms with E-state index in [1.807, 2.05) is 18.2 Å². The smallest absolute Gasteiger partial charge is 0.363 e. The summed E-state index contributed by atoms with van der Waals surface area (Å²) in [6.45, 7) is 0. The van der Waals surface area contributed by atoms with E-state index in [1.54, 1.807) is 30.3 Å². The lowest BCUT2D eigenvalue weighted by atomic mass is 10.1. The lowest BCUT2D eigenvalue weighted by molar-refractivity contribution is -0.129. The molecule has 0 atom stereocenters. The zero-order chi connectivity index (χ0) is 19.7. The first-order valence-corrected chi connectivity index (χ1v) is 8.60. The van der Waals surface area contributed by atoms with Crippen LogP contribution in [-0.2, 0) is 9.53 Å². The van der Waals surface area contributed by atoms with Gasteiger partial charge in [0.2, 0.25) is 5.90 Å². The minimum Gasteiger partial charge on any atom is -0.478 e. The quantitative estimate of drug-likeness (QED) is 0.515. The second kappa shape index (κ2) is 7.17. The number of hydrogen-bond acceptors (Lipinski definition) is 5. The van der Waals surface area contributed by atoms with Gasteiger partial charge in [-0.1, -0.05) is 29.8 Å². The van der Waals surface area contributed by atoms with Crippen molar-refractivity contribution in [2.24, 2.45) is 4.99 Å². The van der Waals surface area contributed by atoms with Crippen molar-refractivity contribution in [2.75, 3.05) is 0 Å². The highest BCUT2D eigenvalue weighted by Crippen LogP contribution is 2.28. The van der Waals surface area contributed by atoms with Crippen LogP contribution < -0.4 is 0 Å². The number of carboxylic acid groups (broad SMARTS) is 1. The first-order chi connectivity index (χ1) is 13.5. The summed E-state index contributed by atoms with van der Waals surface area (Å²) in [5.74, 6) is -0.655. The van der Waals surface area contributed by atoms with Gasteiger partial charge >= 0.3 is 11.9 Å². The predicted molar refractivity (Wildman–Crippen MR) is 103 cm³/mol. The maximum atomic E-state index is 12.1. The lowest BCUT2D eigenvalue weighted by Gasteiger charge is -2.01. The Morgan fingerprint density at radius 1 is 1.04 bits per heavy atom. The number of nitrogens with zero attached hydrogens (tertiary/aromatic N) is 1. The van der Waals surface area contributed by atoms with Gasteiger partial charge in [0.25, 0.3) is 0 Å². The van der Waals surface area contributed by atoms with Crippen LogP contribution in [0.2, 0.25) is 5.02 Å². The number of aromatic carboxylic acids is 1. The molecule has 0 spiro atoms. The van der Waals surface area contributed by atoms with Gasteiger partial charge in [0, 0.05) is 17.2 Å². The standard InChI is InChI=1S/C21H12ClNO5/c22-16-8-6-13(10-15(16)20(24)25)18-9-7-14(27-18)11-17-21(26)28-19(23-17)12-4-2-1-3-5-12/h1-11H,(H,24,25)/b17-11-. The molecule has 1 aromatic heterocycles. The van der Waals surface area contributed by atoms with Gasteiger partial charge in [0.05, 0.1) is 10.6 Å². The number of furan rings is 1. The summed E-state index contributed by atoms with van der Waals surface area (Å²) in [5.41, 5.74) is 1.34. The molecule has 138 valence electrons. The molecule has 0 saturated carbocycles. The topological polar surface area (TPSA) is 89.1 Å². The van der Waals surface area contributed by atoms with Gasteiger partial charge in [-0.25, -0.2) is 14.6 Å². The van der Waals surface area contributed by atoms with Crippen LogP contribution in [-0.4, -0.2) is 22.9 Å². The van der Waals surface area contributed by atoms with Crippen LogP contribution in [0.1, 0.15) is 21.7 Å². The van der Waals surface area contributed by atoms with Crippen molar-refractivity contribution in [1.29, 1.82) is 0 Å². The third-order valence-electron chi connectivity index (χ3n) is 4.03. The Labute approximate surface area is 164 Å². The van der Waals surface area contributed by atoms with E-state index >= 15 is 0 Å². The fourth-order valence-corrected chi connectivity index (χ4v) is 2.87. The molecule has 2 aromatic carbocycles. The highest BCUT2D eigenvalue weighted by molar-refractivity contribution is 6.33. The maximum absolute atomic E-state index is 12.1. The molecule has 0 radical (unpaired) electrons. The highest BCUT2D eigenvalue weighted by Gasteiger charge is 2.24. The summed E-state index contributed by atoms with van der Waals surface area (Å²) in [4.78, 5) is 27.5. The average molecular weight is 394 g/mol. The molecule has 3 aromatic rings. The summed E-state index contributed by atoms with van der Waals surface area (Å²) >= 11 is 5.89. The molecule has 2 heterocycles. The summed E-state index contributed by atoms with van der Waals surface area (Å²) < 4.78 is 10.9. The van der Waals surface area contributed by atoms with Gasteiger partial charge in [-0.3, -0.25) is 0 Å². The van der Waals surface area contributed by atoms with E-state index in [2.05, 4.69) is 4.99 Å². The Bertz CT molecular complexity index is 1140. The van der Waals surface area contributed by atoms with Gasteiger partial charge in [-0.05, 0) is 42.5 Å². The molecule has 0 saturated heterocycles. The van der Waals surface area contributed by atoms with Gasteiger partial charge in [-0.15, -0.1) is 0 Å². The molecule has 0 fully saturated rings. The van der Waals surface area contributed by atoms with E-state index < -0.39 is 11.9 Å². The third-order valence-corrected chi connectivity index (χ3v) is 4.36. The number of benzene rings is 2. The van der Waals surface area contributed by atoms with Gasteiger partial charge in [0.1, 0.15) is 11.5 Å². The molecule has 7 heteroatoms. The molecule has 4 rings (SSSR count). The largest absolute Gasteiger partial charge is 0.478 e. The predicted octanol–water partition coefficient (Wildman–Crippen LogP) is 4.64. The van der Waals surface area contributed by atoms with Crippen molar-refractivity contribution < 1.29 is 23.8 Å². The summed E-state index contributed by atoms with van der Waals surface area (Å²) in [6.07, 6.45) is 1.47. The first-order valence-electron chi connectivity index (χ1n) is 8.22. The van der Waals surface area contributed by atoms with E-state index in [4.69, 9.17) is 20.8 Å². The molecule has 1 aliphatic rings. The number of aliphatic imine (C=N–C) groups is 1. The summed E-state index contributed by atoms with van der Waals surface area (Å²) in [6, 6.07) is 17.0. The Kier molecular flexibility index (Phi) is 4.55. The number of halogens is 1. The van der Waals surface area contributed by atoms with Crippen LogP contribution in [0.3, 0.4) is 0 Å². The van der Waals surface area contributed by atoms with Crippen molar-refractivity contribution in [3.05, 3.63) is 88.3 Å². The Morgan fingerprint density at radius 2 is 1.82 bits per heavy atom. The second-order valence-corrected chi connectivity index (χ2v) is 6.31.